The summed E-state index contributed by atoms with van der Waals surface area (Å²) in [5.41, 5.74) is 5.81. The van der Waals surface area contributed by atoms with E-state index < -0.39 is 0 Å². The molecule has 0 saturated heterocycles. The van der Waals surface area contributed by atoms with Gasteiger partial charge >= 0.3 is 0 Å². The number of nitrogens with one attached hydrogen (secondary N) is 3. The molecule has 150 valence electrons. The van der Waals surface area contributed by atoms with Crippen LogP contribution in [0.1, 0.15) is 39.8 Å². The number of ether oxygens (including phenoxy) is 1. The van der Waals surface area contributed by atoms with E-state index in [1.165, 1.54) is 11.1 Å². The summed E-state index contributed by atoms with van der Waals surface area (Å²) in [4.78, 5) is 12.3. The number of benzene rings is 2. The van der Waals surface area contributed by atoms with E-state index in [0.29, 0.717) is 12.2 Å². The van der Waals surface area contributed by atoms with Gasteiger partial charge in [0.05, 0.1) is 12.3 Å². The Morgan fingerprint density at radius 2 is 1.79 bits per heavy atom. The third-order valence-corrected chi connectivity index (χ3v) is 4.73. The van der Waals surface area contributed by atoms with E-state index in [1.54, 1.807) is 24.3 Å². The third kappa shape index (κ3) is 5.42. The second kappa shape index (κ2) is 9.34. The van der Waals surface area contributed by atoms with Crippen molar-refractivity contribution in [2.45, 2.75) is 27.2 Å². The predicted molar refractivity (Wildman–Crippen MR) is 119 cm³/mol. The number of carbonyl (C=O) groups is 1. The molecule has 29 heavy (non-hydrogen) atoms. The molecular weight excluding hydrogens is 384 g/mol. The summed E-state index contributed by atoms with van der Waals surface area (Å²) in [5, 5.41) is 13.2. The number of aryl methyl sites for hydroxylation is 2. The summed E-state index contributed by atoms with van der Waals surface area (Å²) in [6.07, 6.45) is 0.813. The van der Waals surface area contributed by atoms with E-state index in [-0.39, 0.29) is 11.0 Å². The standard InChI is InChI=1S/C22H24N4O2S/c1-4-28-19-11-7-17(8-12-19)21(27)24-22(29)23-18-9-5-16(6-10-18)13-20-14(2)25-26-15(20)3/h5-12H,4,13H2,1-3H3,(H,25,26)(H2,23,24,27,29). The van der Waals surface area contributed by atoms with Crippen LogP contribution < -0.4 is 15.4 Å². The maximum Gasteiger partial charge on any atom is 0.257 e. The maximum atomic E-state index is 12.3. The number of H-pyrrole nitrogens is 1. The number of rotatable bonds is 6. The van der Waals surface area contributed by atoms with Gasteiger partial charge in [-0.15, -0.1) is 0 Å². The summed E-state index contributed by atoms with van der Waals surface area (Å²) >= 11 is 5.26. The van der Waals surface area contributed by atoms with Crippen molar-refractivity contribution >= 4 is 28.9 Å². The molecule has 0 aliphatic rings. The largest absolute Gasteiger partial charge is 0.494 e. The molecule has 1 amide bonds. The van der Waals surface area contributed by atoms with Crippen LogP contribution in [0.15, 0.2) is 48.5 Å². The van der Waals surface area contributed by atoms with Crippen molar-refractivity contribution in [2.75, 3.05) is 11.9 Å². The van der Waals surface area contributed by atoms with Crippen molar-refractivity contribution in [3.63, 3.8) is 0 Å². The van der Waals surface area contributed by atoms with Gasteiger partial charge in [0.1, 0.15) is 5.75 Å². The molecule has 0 aliphatic heterocycles. The molecule has 6 nitrogen and oxygen atoms in total. The lowest BCUT2D eigenvalue weighted by atomic mass is 10.0. The minimum absolute atomic E-state index is 0.248. The Morgan fingerprint density at radius 1 is 1.10 bits per heavy atom. The Bertz CT molecular complexity index is 975. The second-order valence-electron chi connectivity index (χ2n) is 6.65. The number of thiocarbonyl (C=S) groups is 1. The lowest BCUT2D eigenvalue weighted by Gasteiger charge is -2.11. The highest BCUT2D eigenvalue weighted by Gasteiger charge is 2.09. The van der Waals surface area contributed by atoms with Crippen LogP contribution in [0, 0.1) is 13.8 Å². The van der Waals surface area contributed by atoms with Crippen molar-refractivity contribution < 1.29 is 9.53 Å². The topological polar surface area (TPSA) is 79.0 Å². The Labute approximate surface area is 175 Å². The van der Waals surface area contributed by atoms with Crippen LogP contribution in [0.5, 0.6) is 5.75 Å². The highest BCUT2D eigenvalue weighted by molar-refractivity contribution is 7.80. The van der Waals surface area contributed by atoms with Crippen LogP contribution in [0.3, 0.4) is 0 Å². The fraction of sp³-hybridized carbons (Fsp3) is 0.227. The quantitative estimate of drug-likeness (QED) is 0.534. The first-order valence-corrected chi connectivity index (χ1v) is 9.81. The van der Waals surface area contributed by atoms with Gasteiger partial charge in [0.25, 0.3) is 5.91 Å². The summed E-state index contributed by atoms with van der Waals surface area (Å²) in [6, 6.07) is 14.9. The van der Waals surface area contributed by atoms with Gasteiger partial charge < -0.3 is 10.1 Å². The molecule has 2 aromatic carbocycles. The van der Waals surface area contributed by atoms with Crippen molar-refractivity contribution in [1.82, 2.24) is 15.5 Å². The zero-order valence-electron chi connectivity index (χ0n) is 16.7. The van der Waals surface area contributed by atoms with Crippen LogP contribution in [0.2, 0.25) is 0 Å². The number of aromatic amines is 1. The third-order valence-electron chi connectivity index (χ3n) is 4.53. The summed E-state index contributed by atoms with van der Waals surface area (Å²) in [5.74, 6) is 0.457. The molecule has 0 atom stereocenters. The summed E-state index contributed by atoms with van der Waals surface area (Å²) in [6.45, 7) is 6.52. The van der Waals surface area contributed by atoms with Gasteiger partial charge in [-0.3, -0.25) is 15.2 Å². The van der Waals surface area contributed by atoms with Crippen molar-refractivity contribution in [3.8, 4) is 5.75 Å². The van der Waals surface area contributed by atoms with Crippen molar-refractivity contribution in [3.05, 3.63) is 76.6 Å². The average Bonchev–Trinajstić information content (AvgIpc) is 3.02. The van der Waals surface area contributed by atoms with Gasteiger partial charge in [-0.05, 0) is 75.0 Å². The van der Waals surface area contributed by atoms with Gasteiger partial charge in [0, 0.05) is 28.9 Å². The second-order valence-corrected chi connectivity index (χ2v) is 7.06. The molecule has 3 rings (SSSR count). The predicted octanol–water partition coefficient (Wildman–Crippen LogP) is 4.14. The molecule has 0 bridgehead atoms. The first kappa shape index (κ1) is 20.5. The Kier molecular flexibility index (Phi) is 6.61. The molecule has 3 N–H and O–H groups in total. The first-order valence-electron chi connectivity index (χ1n) is 9.41. The monoisotopic (exact) mass is 408 g/mol. The normalized spacial score (nSPS) is 10.4. The minimum Gasteiger partial charge on any atom is -0.494 e. The van der Waals surface area contributed by atoms with Gasteiger partial charge in [0.2, 0.25) is 0 Å². The fourth-order valence-electron chi connectivity index (χ4n) is 2.95. The molecule has 3 aromatic rings. The smallest absolute Gasteiger partial charge is 0.257 e. The zero-order chi connectivity index (χ0) is 20.8. The molecule has 0 aliphatic carbocycles. The number of hydrogen-bond donors (Lipinski definition) is 3. The molecular formula is C22H24N4O2S. The van der Waals surface area contributed by atoms with E-state index in [4.69, 9.17) is 17.0 Å². The highest BCUT2D eigenvalue weighted by atomic mass is 32.1. The molecule has 0 unspecified atom stereocenters. The lowest BCUT2D eigenvalue weighted by molar-refractivity contribution is 0.0977. The molecule has 0 radical (unpaired) electrons. The van der Waals surface area contributed by atoms with Crippen LogP contribution in [-0.2, 0) is 6.42 Å². The zero-order valence-corrected chi connectivity index (χ0v) is 17.5. The van der Waals surface area contributed by atoms with Crippen LogP contribution in [0.4, 0.5) is 5.69 Å². The molecule has 0 saturated carbocycles. The lowest BCUT2D eigenvalue weighted by Crippen LogP contribution is -2.34. The molecule has 0 fully saturated rings. The van der Waals surface area contributed by atoms with Gasteiger partial charge in [-0.1, -0.05) is 12.1 Å². The maximum absolute atomic E-state index is 12.3. The van der Waals surface area contributed by atoms with Crippen LogP contribution in [-0.4, -0.2) is 27.8 Å². The van der Waals surface area contributed by atoms with E-state index in [9.17, 15) is 4.79 Å². The Hall–Kier alpha value is -3.19. The summed E-state index contributed by atoms with van der Waals surface area (Å²) < 4.78 is 5.38. The Morgan fingerprint density at radius 3 is 2.38 bits per heavy atom. The minimum atomic E-state index is -0.270. The molecule has 1 aromatic heterocycles. The number of amides is 1. The number of nitrogens with zero attached hydrogens (tertiary/aromatic N) is 1. The summed E-state index contributed by atoms with van der Waals surface area (Å²) in [7, 11) is 0. The number of anilines is 1. The van der Waals surface area contributed by atoms with Crippen LogP contribution in [0.25, 0.3) is 0 Å². The van der Waals surface area contributed by atoms with Crippen molar-refractivity contribution in [2.24, 2.45) is 0 Å². The average molecular weight is 409 g/mol. The number of carbonyl (C=O) groups excluding carboxylic acids is 1. The Balaban J connectivity index is 1.55. The van der Waals surface area contributed by atoms with E-state index in [0.717, 1.165) is 29.2 Å². The number of aromatic nitrogens is 2. The van der Waals surface area contributed by atoms with E-state index in [1.807, 2.05) is 45.0 Å². The molecule has 0 spiro atoms. The highest BCUT2D eigenvalue weighted by Crippen LogP contribution is 2.17. The SMILES string of the molecule is CCOc1ccc(C(=O)NC(=S)Nc2ccc(Cc3c(C)n[nH]c3C)cc2)cc1. The van der Waals surface area contributed by atoms with E-state index >= 15 is 0 Å². The fourth-order valence-corrected chi connectivity index (χ4v) is 3.16. The van der Waals surface area contributed by atoms with Crippen LogP contribution >= 0.6 is 12.2 Å². The van der Waals surface area contributed by atoms with E-state index in [2.05, 4.69) is 20.8 Å². The van der Waals surface area contributed by atoms with Gasteiger partial charge in [0.15, 0.2) is 5.11 Å². The van der Waals surface area contributed by atoms with Gasteiger partial charge in [-0.25, -0.2) is 0 Å². The van der Waals surface area contributed by atoms with Crippen molar-refractivity contribution in [1.29, 1.82) is 0 Å². The molecule has 7 heteroatoms. The van der Waals surface area contributed by atoms with Gasteiger partial charge in [-0.2, -0.15) is 5.10 Å². The number of hydrogen-bond acceptors (Lipinski definition) is 4. The first-order chi connectivity index (χ1) is 14.0. The molecule has 1 heterocycles.